The molecular weight excluding hydrogens is 490 g/mol. The number of benzene rings is 2. The normalized spacial score (nSPS) is 14.7. The van der Waals surface area contributed by atoms with Crippen molar-refractivity contribution in [3.05, 3.63) is 65.2 Å². The second-order valence-corrected chi connectivity index (χ2v) is 11.6. The van der Waals surface area contributed by atoms with Crippen LogP contribution in [-0.2, 0) is 26.2 Å². The van der Waals surface area contributed by atoms with Gasteiger partial charge in [-0.15, -0.1) is 0 Å². The molecule has 1 atom stereocenters. The summed E-state index contributed by atoms with van der Waals surface area (Å²) in [7, 11) is -3.87. The van der Waals surface area contributed by atoms with E-state index in [0.29, 0.717) is 12.0 Å². The third-order valence-electron chi connectivity index (χ3n) is 6.91. The molecule has 0 aromatic heterocycles. The van der Waals surface area contributed by atoms with Crippen LogP contribution in [0.1, 0.15) is 67.4 Å². The fourth-order valence-corrected chi connectivity index (χ4v) is 5.59. The largest absolute Gasteiger partial charge is 0.352 e. The number of carbonyl (C=O) groups is 3. The number of aryl methyl sites for hydroxylation is 1. The van der Waals surface area contributed by atoms with E-state index in [-0.39, 0.29) is 30.0 Å². The number of sulfonamides is 1. The molecule has 1 saturated carbocycles. The van der Waals surface area contributed by atoms with E-state index in [1.165, 1.54) is 17.9 Å². The fraction of sp³-hybridized carbons (Fsp3) is 0.464. The predicted octanol–water partition coefficient (Wildman–Crippen LogP) is 3.83. The third-order valence-corrected chi connectivity index (χ3v) is 8.05. The van der Waals surface area contributed by atoms with Gasteiger partial charge in [0.15, 0.2) is 5.78 Å². The number of carbonyl (C=O) groups excluding carboxylic acids is 3. The molecule has 2 amide bonds. The Morgan fingerprint density at radius 2 is 1.73 bits per heavy atom. The quantitative estimate of drug-likeness (QED) is 0.448. The lowest BCUT2D eigenvalue weighted by molar-refractivity contribution is -0.140. The van der Waals surface area contributed by atoms with Crippen molar-refractivity contribution in [1.29, 1.82) is 0 Å². The number of ketones is 1. The second kappa shape index (κ2) is 12.4. The van der Waals surface area contributed by atoms with Crippen molar-refractivity contribution in [3.8, 4) is 0 Å². The van der Waals surface area contributed by atoms with Crippen molar-refractivity contribution < 1.29 is 22.8 Å². The van der Waals surface area contributed by atoms with E-state index in [1.54, 1.807) is 18.2 Å². The highest BCUT2D eigenvalue weighted by Crippen LogP contribution is 2.23. The van der Waals surface area contributed by atoms with Gasteiger partial charge in [-0.1, -0.05) is 56.2 Å². The summed E-state index contributed by atoms with van der Waals surface area (Å²) in [5.74, 6) is -0.923. The molecular formula is C28H37N3O5S. The smallest absolute Gasteiger partial charge is 0.244 e. The Labute approximate surface area is 220 Å². The Morgan fingerprint density at radius 1 is 1.05 bits per heavy atom. The van der Waals surface area contributed by atoms with Crippen molar-refractivity contribution in [3.63, 3.8) is 0 Å². The van der Waals surface area contributed by atoms with E-state index in [0.717, 1.165) is 47.4 Å². The summed E-state index contributed by atoms with van der Waals surface area (Å²) in [6.07, 6.45) is 5.38. The molecule has 1 fully saturated rings. The maximum absolute atomic E-state index is 13.8. The lowest BCUT2D eigenvalue weighted by Crippen LogP contribution is -2.53. The van der Waals surface area contributed by atoms with Gasteiger partial charge >= 0.3 is 0 Å². The monoisotopic (exact) mass is 527 g/mol. The minimum absolute atomic E-state index is 0.0961. The van der Waals surface area contributed by atoms with E-state index in [4.69, 9.17) is 0 Å². The van der Waals surface area contributed by atoms with Gasteiger partial charge in [0.2, 0.25) is 21.8 Å². The van der Waals surface area contributed by atoms with Crippen LogP contribution in [0.5, 0.6) is 0 Å². The van der Waals surface area contributed by atoms with Crippen LogP contribution < -0.4 is 9.62 Å². The Bertz CT molecular complexity index is 1240. The summed E-state index contributed by atoms with van der Waals surface area (Å²) < 4.78 is 26.6. The van der Waals surface area contributed by atoms with E-state index < -0.39 is 28.5 Å². The van der Waals surface area contributed by atoms with Gasteiger partial charge in [0.1, 0.15) is 12.6 Å². The molecule has 0 heterocycles. The highest BCUT2D eigenvalue weighted by molar-refractivity contribution is 7.92. The lowest BCUT2D eigenvalue weighted by atomic mass is 10.1. The number of rotatable bonds is 11. The molecule has 2 aromatic carbocycles. The highest BCUT2D eigenvalue weighted by atomic mass is 32.2. The van der Waals surface area contributed by atoms with Gasteiger partial charge in [0.25, 0.3) is 0 Å². The van der Waals surface area contributed by atoms with E-state index in [9.17, 15) is 22.8 Å². The van der Waals surface area contributed by atoms with Crippen LogP contribution in [0.25, 0.3) is 0 Å². The van der Waals surface area contributed by atoms with Gasteiger partial charge in [0.05, 0.1) is 11.9 Å². The number of amides is 2. The summed E-state index contributed by atoms with van der Waals surface area (Å²) in [6.45, 7) is 4.87. The van der Waals surface area contributed by atoms with Crippen LogP contribution in [-0.4, -0.2) is 55.8 Å². The predicted molar refractivity (Wildman–Crippen MR) is 145 cm³/mol. The molecule has 2 aromatic rings. The number of nitrogens with zero attached hydrogens (tertiary/aromatic N) is 2. The van der Waals surface area contributed by atoms with Gasteiger partial charge in [-0.25, -0.2) is 8.42 Å². The van der Waals surface area contributed by atoms with Gasteiger partial charge in [-0.2, -0.15) is 0 Å². The van der Waals surface area contributed by atoms with Gasteiger partial charge < -0.3 is 10.2 Å². The second-order valence-electron chi connectivity index (χ2n) is 9.74. The molecule has 0 unspecified atom stereocenters. The number of Topliss-reactive ketones (excluding diaryl/α,β-unsaturated/α-hetero) is 1. The highest BCUT2D eigenvalue weighted by Gasteiger charge is 2.33. The first kappa shape index (κ1) is 28.4. The Balaban J connectivity index is 1.95. The molecule has 8 nitrogen and oxygen atoms in total. The van der Waals surface area contributed by atoms with Crippen molar-refractivity contribution in [2.45, 2.75) is 71.5 Å². The third kappa shape index (κ3) is 7.41. The number of hydrogen-bond acceptors (Lipinski definition) is 5. The molecule has 37 heavy (non-hydrogen) atoms. The standard InChI is InChI=1S/C28H37N3O5S/c1-5-26(28(34)29-24-14-8-9-15-24)30(18-23-12-7-6-11-20(23)2)27(33)19-31(37(4,35)36)25-16-10-13-22(17-25)21(3)32/h6-7,10-13,16-17,24,26H,5,8-9,14-15,18-19H2,1-4H3,(H,29,34)/t26-/m0/s1. The molecule has 1 aliphatic carbocycles. The first-order valence-electron chi connectivity index (χ1n) is 12.7. The number of anilines is 1. The van der Waals surface area contributed by atoms with Crippen molar-refractivity contribution in [2.75, 3.05) is 17.1 Å². The molecule has 200 valence electrons. The maximum atomic E-state index is 13.8. The van der Waals surface area contributed by atoms with Crippen LogP contribution in [0.4, 0.5) is 5.69 Å². The van der Waals surface area contributed by atoms with Crippen LogP contribution in [0, 0.1) is 6.92 Å². The first-order chi connectivity index (χ1) is 17.5. The van der Waals surface area contributed by atoms with Gasteiger partial charge in [-0.3, -0.25) is 18.7 Å². The van der Waals surface area contributed by atoms with E-state index >= 15 is 0 Å². The first-order valence-corrected chi connectivity index (χ1v) is 14.6. The summed E-state index contributed by atoms with van der Waals surface area (Å²) in [6, 6.07) is 13.2. The summed E-state index contributed by atoms with van der Waals surface area (Å²) in [4.78, 5) is 40.6. The molecule has 0 spiro atoms. The van der Waals surface area contributed by atoms with Crippen molar-refractivity contribution >= 4 is 33.3 Å². The fourth-order valence-electron chi connectivity index (χ4n) is 4.75. The Hall–Kier alpha value is -3.20. The molecule has 0 bridgehead atoms. The average Bonchev–Trinajstić information content (AvgIpc) is 3.35. The summed E-state index contributed by atoms with van der Waals surface area (Å²) in [5, 5.41) is 3.10. The Kier molecular flexibility index (Phi) is 9.48. The zero-order chi connectivity index (χ0) is 27.2. The molecule has 0 aliphatic heterocycles. The van der Waals surface area contributed by atoms with E-state index in [2.05, 4.69) is 5.32 Å². The van der Waals surface area contributed by atoms with Crippen LogP contribution in [0.2, 0.25) is 0 Å². The van der Waals surface area contributed by atoms with Gasteiger partial charge in [0, 0.05) is 18.2 Å². The molecule has 0 saturated heterocycles. The van der Waals surface area contributed by atoms with Crippen molar-refractivity contribution in [2.24, 2.45) is 0 Å². The minimum atomic E-state index is -3.87. The molecule has 1 aliphatic rings. The SMILES string of the molecule is CC[C@@H](C(=O)NC1CCCC1)N(Cc1ccccc1C)C(=O)CN(c1cccc(C(C)=O)c1)S(C)(=O)=O. The van der Waals surface area contributed by atoms with Crippen LogP contribution >= 0.6 is 0 Å². The molecule has 9 heteroatoms. The summed E-state index contributed by atoms with van der Waals surface area (Å²) in [5.41, 5.74) is 2.42. The zero-order valence-electron chi connectivity index (χ0n) is 22.1. The molecule has 0 radical (unpaired) electrons. The van der Waals surface area contributed by atoms with E-state index in [1.807, 2.05) is 38.1 Å². The number of nitrogens with one attached hydrogen (secondary N) is 1. The van der Waals surface area contributed by atoms with Gasteiger partial charge in [-0.05, 0) is 56.4 Å². The topological polar surface area (TPSA) is 104 Å². The number of hydrogen-bond donors (Lipinski definition) is 1. The molecule has 3 rings (SSSR count). The maximum Gasteiger partial charge on any atom is 0.244 e. The molecule has 1 N–H and O–H groups in total. The van der Waals surface area contributed by atoms with Crippen LogP contribution in [0.15, 0.2) is 48.5 Å². The zero-order valence-corrected chi connectivity index (χ0v) is 22.9. The van der Waals surface area contributed by atoms with Crippen LogP contribution in [0.3, 0.4) is 0 Å². The van der Waals surface area contributed by atoms with Crippen molar-refractivity contribution in [1.82, 2.24) is 10.2 Å². The minimum Gasteiger partial charge on any atom is -0.352 e. The lowest BCUT2D eigenvalue weighted by Gasteiger charge is -2.33. The Morgan fingerprint density at radius 3 is 2.32 bits per heavy atom. The average molecular weight is 528 g/mol. The summed E-state index contributed by atoms with van der Waals surface area (Å²) >= 11 is 0.